The molecule has 0 spiro atoms. The van der Waals surface area contributed by atoms with E-state index in [1.807, 2.05) is 33.8 Å². The summed E-state index contributed by atoms with van der Waals surface area (Å²) in [6, 6.07) is 0. The Morgan fingerprint density at radius 2 is 2.07 bits per heavy atom. The molecule has 2 nitrogen and oxygen atoms in total. The number of hydrogen-bond donors (Lipinski definition) is 0. The van der Waals surface area contributed by atoms with E-state index in [4.69, 9.17) is 4.74 Å². The molecular weight excluding hydrogens is 176 g/mol. The summed E-state index contributed by atoms with van der Waals surface area (Å²) in [5.74, 6) is -0.0619. The van der Waals surface area contributed by atoms with Crippen LogP contribution < -0.4 is 0 Å². The lowest BCUT2D eigenvalue weighted by molar-refractivity contribution is -0.148. The minimum Gasteiger partial charge on any atom is -0.461 e. The van der Waals surface area contributed by atoms with E-state index < -0.39 is 0 Å². The van der Waals surface area contributed by atoms with Crippen LogP contribution in [0.2, 0.25) is 0 Å². The first-order chi connectivity index (χ1) is 6.42. The van der Waals surface area contributed by atoms with Crippen LogP contribution in [0.15, 0.2) is 12.2 Å². The monoisotopic (exact) mass is 196 g/mol. The number of esters is 1. The van der Waals surface area contributed by atoms with E-state index in [0.29, 0.717) is 0 Å². The summed E-state index contributed by atoms with van der Waals surface area (Å²) in [6.07, 6.45) is 4.89. The molecule has 14 heavy (non-hydrogen) atoms. The van der Waals surface area contributed by atoms with Crippen LogP contribution in [-0.2, 0) is 9.53 Å². The van der Waals surface area contributed by atoms with Crippen molar-refractivity contribution in [3.8, 4) is 0 Å². The molecular formula is C12H20O2. The second-order valence-corrected chi connectivity index (χ2v) is 4.52. The quantitative estimate of drug-likeness (QED) is 0.501. The maximum absolute atomic E-state index is 11.8. The van der Waals surface area contributed by atoms with Gasteiger partial charge in [-0.1, -0.05) is 26.0 Å². The van der Waals surface area contributed by atoms with E-state index >= 15 is 0 Å². The molecule has 1 fully saturated rings. The largest absolute Gasteiger partial charge is 0.461 e. The summed E-state index contributed by atoms with van der Waals surface area (Å²) in [5.41, 5.74) is -0.549. The summed E-state index contributed by atoms with van der Waals surface area (Å²) in [6.45, 7) is 10.1. The molecule has 0 N–H and O–H groups in total. The third kappa shape index (κ3) is 1.20. The topological polar surface area (TPSA) is 26.3 Å². The highest BCUT2D eigenvalue weighted by atomic mass is 16.6. The average Bonchev–Trinajstić information content (AvgIpc) is 2.30. The molecule has 0 radical (unpaired) electrons. The van der Waals surface area contributed by atoms with Gasteiger partial charge in [0.05, 0.1) is 5.41 Å². The summed E-state index contributed by atoms with van der Waals surface area (Å²) < 4.78 is 5.35. The molecule has 0 aliphatic carbocycles. The van der Waals surface area contributed by atoms with Crippen LogP contribution in [0.5, 0.6) is 0 Å². The van der Waals surface area contributed by atoms with E-state index in [0.717, 1.165) is 6.42 Å². The van der Waals surface area contributed by atoms with Gasteiger partial charge in [-0.05, 0) is 27.2 Å². The molecule has 1 rings (SSSR count). The normalized spacial score (nSPS) is 43.2. The van der Waals surface area contributed by atoms with Gasteiger partial charge >= 0.3 is 5.97 Å². The van der Waals surface area contributed by atoms with Gasteiger partial charge < -0.3 is 4.74 Å². The standard InChI is InChI=1S/C12H20O2/c1-6-8-12(5)9(3)14-10(13)11(12,4)7-2/h6,8-9H,7H2,1-5H3. The summed E-state index contributed by atoms with van der Waals surface area (Å²) in [4.78, 5) is 11.8. The molecule has 2 heteroatoms. The van der Waals surface area contributed by atoms with E-state index in [1.54, 1.807) is 0 Å². The zero-order valence-electron chi connectivity index (χ0n) is 9.76. The fraction of sp³-hybridized carbons (Fsp3) is 0.750. The van der Waals surface area contributed by atoms with Crippen LogP contribution >= 0.6 is 0 Å². The van der Waals surface area contributed by atoms with Crippen LogP contribution in [0.25, 0.3) is 0 Å². The Bertz CT molecular complexity index is 269. The highest BCUT2D eigenvalue weighted by molar-refractivity contribution is 5.80. The van der Waals surface area contributed by atoms with Gasteiger partial charge in [0, 0.05) is 5.41 Å². The van der Waals surface area contributed by atoms with Gasteiger partial charge in [-0.3, -0.25) is 4.79 Å². The van der Waals surface area contributed by atoms with Crippen LogP contribution in [-0.4, -0.2) is 12.1 Å². The maximum Gasteiger partial charge on any atom is 0.313 e. The Balaban J connectivity index is 3.19. The summed E-state index contributed by atoms with van der Waals surface area (Å²) >= 11 is 0. The highest BCUT2D eigenvalue weighted by Gasteiger charge is 2.58. The molecule has 0 aromatic heterocycles. The Hall–Kier alpha value is -0.790. The third-order valence-electron chi connectivity index (χ3n) is 3.99. The smallest absolute Gasteiger partial charge is 0.313 e. The second-order valence-electron chi connectivity index (χ2n) is 4.52. The molecule has 3 unspecified atom stereocenters. The van der Waals surface area contributed by atoms with Crippen LogP contribution in [0, 0.1) is 10.8 Å². The van der Waals surface area contributed by atoms with Crippen LogP contribution in [0.1, 0.15) is 41.0 Å². The molecule has 80 valence electrons. The van der Waals surface area contributed by atoms with Crippen LogP contribution in [0.4, 0.5) is 0 Å². The number of carbonyl (C=O) groups excluding carboxylic acids is 1. The number of rotatable bonds is 2. The minimum atomic E-state index is -0.376. The Kier molecular flexibility index (Phi) is 2.75. The van der Waals surface area contributed by atoms with Gasteiger partial charge in [0.25, 0.3) is 0 Å². The van der Waals surface area contributed by atoms with Gasteiger partial charge in [0.1, 0.15) is 6.10 Å². The molecule has 0 bridgehead atoms. The summed E-state index contributed by atoms with van der Waals surface area (Å²) in [7, 11) is 0. The number of allylic oxidation sites excluding steroid dienone is 1. The highest BCUT2D eigenvalue weighted by Crippen LogP contribution is 2.52. The van der Waals surface area contributed by atoms with E-state index in [9.17, 15) is 4.79 Å². The van der Waals surface area contributed by atoms with Crippen molar-refractivity contribution in [1.29, 1.82) is 0 Å². The van der Waals surface area contributed by atoms with Gasteiger partial charge in [-0.15, -0.1) is 0 Å². The van der Waals surface area contributed by atoms with E-state index in [2.05, 4.69) is 13.0 Å². The molecule has 0 aromatic rings. The molecule has 1 aliphatic heterocycles. The first-order valence-corrected chi connectivity index (χ1v) is 5.27. The summed E-state index contributed by atoms with van der Waals surface area (Å²) in [5, 5.41) is 0. The number of carbonyl (C=O) groups is 1. The van der Waals surface area contributed by atoms with Crippen LogP contribution in [0.3, 0.4) is 0 Å². The predicted molar refractivity (Wildman–Crippen MR) is 56.9 cm³/mol. The van der Waals surface area contributed by atoms with Crippen molar-refractivity contribution in [2.45, 2.75) is 47.1 Å². The molecule has 1 saturated heterocycles. The lowest BCUT2D eigenvalue weighted by Gasteiger charge is -2.35. The first-order valence-electron chi connectivity index (χ1n) is 5.27. The SMILES string of the molecule is CC=CC1(C)C(C)OC(=O)C1(C)CC. The van der Waals surface area contributed by atoms with Gasteiger partial charge in [-0.2, -0.15) is 0 Å². The minimum absolute atomic E-state index is 0.0313. The Labute approximate surface area is 86.3 Å². The van der Waals surface area contributed by atoms with E-state index in [1.165, 1.54) is 0 Å². The number of cyclic esters (lactones) is 1. The molecule has 0 aromatic carbocycles. The Morgan fingerprint density at radius 3 is 2.50 bits per heavy atom. The van der Waals surface area contributed by atoms with Crippen molar-refractivity contribution in [2.75, 3.05) is 0 Å². The third-order valence-corrected chi connectivity index (χ3v) is 3.99. The van der Waals surface area contributed by atoms with Gasteiger partial charge in [0.2, 0.25) is 0 Å². The van der Waals surface area contributed by atoms with Gasteiger partial charge in [0.15, 0.2) is 0 Å². The second kappa shape index (κ2) is 3.41. The lowest BCUT2D eigenvalue weighted by Crippen LogP contribution is -2.39. The molecule has 0 amide bonds. The van der Waals surface area contributed by atoms with Crippen molar-refractivity contribution in [3.05, 3.63) is 12.2 Å². The van der Waals surface area contributed by atoms with Crippen molar-refractivity contribution < 1.29 is 9.53 Å². The van der Waals surface area contributed by atoms with Crippen molar-refractivity contribution in [2.24, 2.45) is 10.8 Å². The zero-order valence-corrected chi connectivity index (χ0v) is 9.76. The first kappa shape index (κ1) is 11.3. The maximum atomic E-state index is 11.8. The lowest BCUT2D eigenvalue weighted by atomic mass is 9.63. The predicted octanol–water partition coefficient (Wildman–Crippen LogP) is 2.93. The molecule has 3 atom stereocenters. The fourth-order valence-corrected chi connectivity index (χ4v) is 2.27. The fourth-order valence-electron chi connectivity index (χ4n) is 2.27. The molecule has 0 saturated carbocycles. The molecule has 1 aliphatic rings. The Morgan fingerprint density at radius 1 is 1.50 bits per heavy atom. The van der Waals surface area contributed by atoms with E-state index in [-0.39, 0.29) is 22.9 Å². The van der Waals surface area contributed by atoms with Gasteiger partial charge in [-0.25, -0.2) is 0 Å². The molecule has 1 heterocycles. The van der Waals surface area contributed by atoms with Crippen molar-refractivity contribution in [3.63, 3.8) is 0 Å². The van der Waals surface area contributed by atoms with Crippen molar-refractivity contribution in [1.82, 2.24) is 0 Å². The van der Waals surface area contributed by atoms with Crippen molar-refractivity contribution >= 4 is 5.97 Å². The zero-order chi connectivity index (χ0) is 11.0. The number of ether oxygens (including phenoxy) is 1. The average molecular weight is 196 g/mol. The number of hydrogen-bond acceptors (Lipinski definition) is 2.